The van der Waals surface area contributed by atoms with Gasteiger partial charge in [-0.15, -0.1) is 11.3 Å². The molecule has 1 heterocycles. The summed E-state index contributed by atoms with van der Waals surface area (Å²) in [7, 11) is 0. The summed E-state index contributed by atoms with van der Waals surface area (Å²) < 4.78 is 0.943. The van der Waals surface area contributed by atoms with Crippen molar-refractivity contribution in [3.05, 3.63) is 20.8 Å². The summed E-state index contributed by atoms with van der Waals surface area (Å²) >= 11 is 4.91. The summed E-state index contributed by atoms with van der Waals surface area (Å²) in [6, 6.07) is 1.53. The van der Waals surface area contributed by atoms with Crippen LogP contribution in [0, 0.1) is 0 Å². The highest BCUT2D eigenvalue weighted by Crippen LogP contribution is 2.22. The van der Waals surface area contributed by atoms with Gasteiger partial charge in [-0.2, -0.15) is 0 Å². The van der Waals surface area contributed by atoms with Crippen molar-refractivity contribution in [2.24, 2.45) is 0 Å². The van der Waals surface area contributed by atoms with Gasteiger partial charge in [0.05, 0.1) is 6.54 Å². The third-order valence-corrected chi connectivity index (χ3v) is 4.78. The zero-order chi connectivity index (χ0) is 14.6. The summed E-state index contributed by atoms with van der Waals surface area (Å²) in [5.41, 5.74) is -1.23. The van der Waals surface area contributed by atoms with Gasteiger partial charge in [0.2, 0.25) is 0 Å². The molecule has 1 aromatic rings. The number of likely N-dealkylation sites (N-methyl/N-ethyl adjacent to an activating group) is 1. The summed E-state index contributed by atoms with van der Waals surface area (Å²) in [6.07, 6.45) is 0. The van der Waals surface area contributed by atoms with E-state index in [2.05, 4.69) is 21.2 Å². The Balaban J connectivity index is 2.70. The Morgan fingerprint density at radius 2 is 2.16 bits per heavy atom. The summed E-state index contributed by atoms with van der Waals surface area (Å²) in [6.45, 7) is 5.49. The van der Waals surface area contributed by atoms with Gasteiger partial charge in [0.15, 0.2) is 0 Å². The molecule has 0 bridgehead atoms. The molecule has 106 valence electrons. The lowest BCUT2D eigenvalue weighted by Crippen LogP contribution is -2.55. The van der Waals surface area contributed by atoms with Crippen molar-refractivity contribution in [3.8, 4) is 0 Å². The topological polar surface area (TPSA) is 69.6 Å². The predicted molar refractivity (Wildman–Crippen MR) is 78.3 cm³/mol. The van der Waals surface area contributed by atoms with Crippen LogP contribution in [0.3, 0.4) is 0 Å². The second-order valence-corrected chi connectivity index (χ2v) is 6.31. The lowest BCUT2D eigenvalue weighted by atomic mass is 10.0. The number of hydrogen-bond acceptors (Lipinski definition) is 3. The zero-order valence-corrected chi connectivity index (χ0v) is 13.5. The summed E-state index contributed by atoms with van der Waals surface area (Å²) in [5, 5.41) is 13.8. The quantitative estimate of drug-likeness (QED) is 0.859. The molecule has 7 heteroatoms. The molecular weight excluding hydrogens is 332 g/mol. The molecule has 0 fully saturated rings. The maximum atomic E-state index is 12.1. The van der Waals surface area contributed by atoms with Crippen molar-refractivity contribution in [1.82, 2.24) is 10.2 Å². The molecule has 0 aromatic carbocycles. The van der Waals surface area contributed by atoms with Crippen LogP contribution in [-0.4, -0.2) is 34.1 Å². The molecule has 0 radical (unpaired) electrons. The number of nitrogens with zero attached hydrogens (tertiary/aromatic N) is 1. The number of aliphatic carboxylic acids is 1. The van der Waals surface area contributed by atoms with Gasteiger partial charge in [-0.25, -0.2) is 9.59 Å². The number of carboxylic acids is 1. The van der Waals surface area contributed by atoms with E-state index in [9.17, 15) is 9.59 Å². The van der Waals surface area contributed by atoms with Gasteiger partial charge in [-0.1, -0.05) is 0 Å². The Morgan fingerprint density at radius 3 is 2.58 bits per heavy atom. The Labute approximate surface area is 124 Å². The van der Waals surface area contributed by atoms with E-state index >= 15 is 0 Å². The van der Waals surface area contributed by atoms with Crippen LogP contribution in [0.5, 0.6) is 0 Å². The van der Waals surface area contributed by atoms with E-state index in [0.29, 0.717) is 13.1 Å². The highest BCUT2D eigenvalue weighted by Gasteiger charge is 2.36. The minimum absolute atomic E-state index is 0.330. The molecule has 0 unspecified atom stereocenters. The first-order valence-electron chi connectivity index (χ1n) is 5.81. The van der Waals surface area contributed by atoms with Crippen LogP contribution in [-0.2, 0) is 11.3 Å². The normalized spacial score (nSPS) is 11.2. The van der Waals surface area contributed by atoms with Crippen molar-refractivity contribution >= 4 is 39.3 Å². The molecule has 1 aromatic heterocycles. The molecule has 0 saturated heterocycles. The van der Waals surface area contributed by atoms with Crippen molar-refractivity contribution in [2.75, 3.05) is 6.54 Å². The van der Waals surface area contributed by atoms with Gasteiger partial charge in [-0.3, -0.25) is 0 Å². The fraction of sp³-hybridized carbons (Fsp3) is 0.500. The summed E-state index contributed by atoms with van der Waals surface area (Å²) in [4.78, 5) is 25.6. The third kappa shape index (κ3) is 3.70. The number of hydrogen-bond donors (Lipinski definition) is 2. The molecular formula is C12H17BrN2O3S. The molecule has 0 spiro atoms. The first-order valence-corrected chi connectivity index (χ1v) is 7.48. The van der Waals surface area contributed by atoms with E-state index < -0.39 is 11.5 Å². The number of carbonyl (C=O) groups is 2. The molecule has 0 atom stereocenters. The largest absolute Gasteiger partial charge is 0.480 e. The lowest BCUT2D eigenvalue weighted by molar-refractivity contribution is -0.147. The average molecular weight is 349 g/mol. The van der Waals surface area contributed by atoms with Crippen molar-refractivity contribution in [3.63, 3.8) is 0 Å². The van der Waals surface area contributed by atoms with Gasteiger partial charge in [0.25, 0.3) is 0 Å². The second-order valence-electron chi connectivity index (χ2n) is 4.46. The van der Waals surface area contributed by atoms with Crippen LogP contribution in [0.15, 0.2) is 15.9 Å². The first kappa shape index (κ1) is 16.0. The maximum Gasteiger partial charge on any atom is 0.329 e. The van der Waals surface area contributed by atoms with E-state index in [1.165, 1.54) is 30.1 Å². The number of thiophene rings is 1. The maximum absolute atomic E-state index is 12.1. The molecule has 0 aliphatic carbocycles. The molecule has 0 aliphatic rings. The first-order chi connectivity index (χ1) is 8.80. The minimum Gasteiger partial charge on any atom is -0.480 e. The highest BCUT2D eigenvalue weighted by atomic mass is 79.9. The molecule has 1 rings (SSSR count). The number of carboxylic acid groups (broad SMARTS) is 1. The number of halogens is 1. The van der Waals surface area contributed by atoms with E-state index in [4.69, 9.17) is 5.11 Å². The number of rotatable bonds is 5. The fourth-order valence-corrected chi connectivity index (χ4v) is 3.04. The average Bonchev–Trinajstić information content (AvgIpc) is 2.72. The highest BCUT2D eigenvalue weighted by molar-refractivity contribution is 9.10. The van der Waals surface area contributed by atoms with Crippen molar-refractivity contribution in [2.45, 2.75) is 32.9 Å². The van der Waals surface area contributed by atoms with E-state index in [1.54, 1.807) is 6.92 Å². The molecule has 19 heavy (non-hydrogen) atoms. The number of amides is 2. The van der Waals surface area contributed by atoms with Crippen LogP contribution >= 0.6 is 27.3 Å². The van der Waals surface area contributed by atoms with Crippen LogP contribution in [0.1, 0.15) is 25.6 Å². The molecule has 2 amide bonds. The smallest absolute Gasteiger partial charge is 0.329 e. The van der Waals surface area contributed by atoms with Gasteiger partial charge in [0.1, 0.15) is 5.54 Å². The Kier molecular flexibility index (Phi) is 5.37. The van der Waals surface area contributed by atoms with E-state index in [0.717, 1.165) is 9.35 Å². The second kappa shape index (κ2) is 6.38. The minimum atomic E-state index is -1.23. The lowest BCUT2D eigenvalue weighted by Gasteiger charge is -2.34. The number of urea groups is 1. The van der Waals surface area contributed by atoms with Gasteiger partial charge in [0, 0.05) is 15.9 Å². The summed E-state index contributed by atoms with van der Waals surface area (Å²) in [5.74, 6) is -1.03. The molecule has 0 saturated carbocycles. The molecule has 5 nitrogen and oxygen atoms in total. The van der Waals surface area contributed by atoms with Gasteiger partial charge in [-0.05, 0) is 48.1 Å². The van der Waals surface area contributed by atoms with Crippen molar-refractivity contribution in [1.29, 1.82) is 0 Å². The van der Waals surface area contributed by atoms with Gasteiger partial charge < -0.3 is 15.3 Å². The monoisotopic (exact) mass is 348 g/mol. The van der Waals surface area contributed by atoms with E-state index in [1.807, 2.05) is 11.4 Å². The predicted octanol–water partition coefficient (Wildman–Crippen LogP) is 2.91. The zero-order valence-electron chi connectivity index (χ0n) is 11.1. The molecule has 2 N–H and O–H groups in total. The SMILES string of the molecule is CCN(C(=O)NCc1sccc1Br)C(C)(C)C(=O)O. The van der Waals surface area contributed by atoms with Crippen LogP contribution < -0.4 is 5.32 Å². The third-order valence-electron chi connectivity index (χ3n) is 2.85. The van der Waals surface area contributed by atoms with Crippen LogP contribution in [0.25, 0.3) is 0 Å². The number of nitrogens with one attached hydrogen (secondary N) is 1. The standard InChI is InChI=1S/C12H17BrN2O3S/c1-4-15(12(2,3)10(16)17)11(18)14-7-9-8(13)5-6-19-9/h5-6H,4,7H2,1-3H3,(H,14,18)(H,16,17). The van der Waals surface area contributed by atoms with Gasteiger partial charge >= 0.3 is 12.0 Å². The Morgan fingerprint density at radius 1 is 1.53 bits per heavy atom. The van der Waals surface area contributed by atoms with Crippen LogP contribution in [0.2, 0.25) is 0 Å². The van der Waals surface area contributed by atoms with Crippen LogP contribution in [0.4, 0.5) is 4.79 Å². The fourth-order valence-electron chi connectivity index (χ4n) is 1.61. The molecule has 0 aliphatic heterocycles. The number of carbonyl (C=O) groups excluding carboxylic acids is 1. The van der Waals surface area contributed by atoms with Crippen molar-refractivity contribution < 1.29 is 14.7 Å². The van der Waals surface area contributed by atoms with E-state index in [-0.39, 0.29) is 6.03 Å². The Bertz CT molecular complexity index is 473. The Hall–Kier alpha value is -1.08.